The maximum Gasteiger partial charge on any atom is 0.127 e. The molecule has 0 amide bonds. The molecule has 2 aromatic carbocycles. The van der Waals surface area contributed by atoms with Crippen LogP contribution < -0.4 is 9.47 Å². The van der Waals surface area contributed by atoms with Crippen LogP contribution >= 0.6 is 23.2 Å². The van der Waals surface area contributed by atoms with Gasteiger partial charge in [-0.25, -0.2) is 0 Å². The van der Waals surface area contributed by atoms with Crippen molar-refractivity contribution in [1.29, 1.82) is 0 Å². The molecule has 0 heterocycles. The first kappa shape index (κ1) is 15.0. The Labute approximate surface area is 129 Å². The van der Waals surface area contributed by atoms with Gasteiger partial charge in [0.05, 0.1) is 13.0 Å². The maximum absolute atomic E-state index is 6.01. The predicted octanol–water partition coefficient (Wildman–Crippen LogP) is 4.97. The predicted molar refractivity (Wildman–Crippen MR) is 83.1 cm³/mol. The van der Waals surface area contributed by atoms with Crippen LogP contribution in [0.15, 0.2) is 36.4 Å². The Morgan fingerprint density at radius 2 is 1.90 bits per heavy atom. The third kappa shape index (κ3) is 3.38. The Morgan fingerprint density at radius 3 is 2.60 bits per heavy atom. The van der Waals surface area contributed by atoms with Crippen molar-refractivity contribution in [2.45, 2.75) is 19.4 Å². The van der Waals surface area contributed by atoms with E-state index in [0.717, 1.165) is 28.2 Å². The summed E-state index contributed by atoms with van der Waals surface area (Å²) in [5.41, 5.74) is 2.94. The van der Waals surface area contributed by atoms with Gasteiger partial charge < -0.3 is 9.47 Å². The summed E-state index contributed by atoms with van der Waals surface area (Å²) in [5.74, 6) is 2.00. The fourth-order valence-electron chi connectivity index (χ4n) is 2.03. The van der Waals surface area contributed by atoms with E-state index < -0.39 is 0 Å². The first-order valence-electron chi connectivity index (χ1n) is 6.25. The fraction of sp³-hybridized carbons (Fsp3) is 0.250. The molecule has 0 N–H and O–H groups in total. The molecule has 0 saturated carbocycles. The van der Waals surface area contributed by atoms with Gasteiger partial charge in [0.15, 0.2) is 0 Å². The highest BCUT2D eigenvalue weighted by Crippen LogP contribution is 2.28. The number of aryl methyl sites for hydroxylation is 1. The Morgan fingerprint density at radius 1 is 1.10 bits per heavy atom. The van der Waals surface area contributed by atoms with Gasteiger partial charge in [-0.15, -0.1) is 11.6 Å². The van der Waals surface area contributed by atoms with E-state index in [1.807, 2.05) is 37.3 Å². The van der Waals surface area contributed by atoms with Crippen LogP contribution in [0.25, 0.3) is 0 Å². The summed E-state index contributed by atoms with van der Waals surface area (Å²) in [6, 6.07) is 11.4. The van der Waals surface area contributed by atoms with Crippen LogP contribution in [0.2, 0.25) is 5.02 Å². The van der Waals surface area contributed by atoms with E-state index in [9.17, 15) is 0 Å². The molecule has 0 aliphatic carbocycles. The lowest BCUT2D eigenvalue weighted by Crippen LogP contribution is -2.02. The minimum absolute atomic E-state index is 0.387. The Bertz CT molecular complexity index is 597. The number of benzene rings is 2. The standard InChI is InChI=1S/C16H16Cl2O2/c1-11-4-3-5-12(9-17)16(11)20-10-13-8-14(18)6-7-15(13)19-2/h3-8H,9-10H2,1-2H3. The topological polar surface area (TPSA) is 18.5 Å². The first-order valence-corrected chi connectivity index (χ1v) is 7.16. The normalized spacial score (nSPS) is 10.4. The molecule has 2 aromatic rings. The van der Waals surface area contributed by atoms with Crippen molar-refractivity contribution in [1.82, 2.24) is 0 Å². The lowest BCUT2D eigenvalue weighted by atomic mass is 10.1. The molecule has 0 aliphatic rings. The molecular formula is C16H16Cl2O2. The average Bonchev–Trinajstić information content (AvgIpc) is 2.46. The molecule has 0 fully saturated rings. The zero-order chi connectivity index (χ0) is 14.5. The molecule has 0 atom stereocenters. The molecular weight excluding hydrogens is 295 g/mol. The number of alkyl halides is 1. The van der Waals surface area contributed by atoms with Crippen LogP contribution in [0.3, 0.4) is 0 Å². The molecule has 4 heteroatoms. The van der Waals surface area contributed by atoms with E-state index >= 15 is 0 Å². The molecule has 106 valence electrons. The molecule has 0 spiro atoms. The number of ether oxygens (including phenoxy) is 2. The van der Waals surface area contributed by atoms with Gasteiger partial charge >= 0.3 is 0 Å². The molecule has 2 nitrogen and oxygen atoms in total. The molecule has 0 unspecified atom stereocenters. The van der Waals surface area contributed by atoms with Gasteiger partial charge in [0.1, 0.15) is 18.1 Å². The van der Waals surface area contributed by atoms with Gasteiger partial charge in [0, 0.05) is 16.1 Å². The minimum atomic E-state index is 0.387. The van der Waals surface area contributed by atoms with Gasteiger partial charge in [0.2, 0.25) is 0 Å². The highest BCUT2D eigenvalue weighted by atomic mass is 35.5. The lowest BCUT2D eigenvalue weighted by Gasteiger charge is -2.14. The van der Waals surface area contributed by atoms with Gasteiger partial charge in [-0.05, 0) is 30.7 Å². The molecule has 0 aromatic heterocycles. The van der Waals surface area contributed by atoms with E-state index in [4.69, 9.17) is 32.7 Å². The molecule has 0 saturated heterocycles. The van der Waals surface area contributed by atoms with Crippen LogP contribution in [0, 0.1) is 6.92 Å². The van der Waals surface area contributed by atoms with Gasteiger partial charge in [-0.2, -0.15) is 0 Å². The van der Waals surface area contributed by atoms with Crippen LogP contribution in [-0.2, 0) is 12.5 Å². The maximum atomic E-state index is 6.01. The zero-order valence-corrected chi connectivity index (χ0v) is 13.0. The van der Waals surface area contributed by atoms with Crippen molar-refractivity contribution >= 4 is 23.2 Å². The summed E-state index contributed by atoms with van der Waals surface area (Å²) in [4.78, 5) is 0. The smallest absolute Gasteiger partial charge is 0.127 e. The second kappa shape index (κ2) is 6.87. The molecule has 20 heavy (non-hydrogen) atoms. The monoisotopic (exact) mass is 310 g/mol. The fourth-order valence-corrected chi connectivity index (χ4v) is 2.44. The summed E-state index contributed by atoms with van der Waals surface area (Å²) in [6.45, 7) is 2.39. The van der Waals surface area contributed by atoms with Crippen molar-refractivity contribution in [3.63, 3.8) is 0 Å². The molecule has 2 rings (SSSR count). The molecule has 0 aliphatic heterocycles. The third-order valence-corrected chi connectivity index (χ3v) is 3.57. The van der Waals surface area contributed by atoms with E-state index in [2.05, 4.69) is 0 Å². The van der Waals surface area contributed by atoms with E-state index in [1.165, 1.54) is 0 Å². The minimum Gasteiger partial charge on any atom is -0.496 e. The van der Waals surface area contributed by atoms with E-state index in [-0.39, 0.29) is 0 Å². The Hall–Kier alpha value is -1.38. The van der Waals surface area contributed by atoms with Crippen molar-refractivity contribution < 1.29 is 9.47 Å². The summed E-state index contributed by atoms with van der Waals surface area (Å²) >= 11 is 12.0. The van der Waals surface area contributed by atoms with Gasteiger partial charge in [-0.3, -0.25) is 0 Å². The van der Waals surface area contributed by atoms with E-state index in [0.29, 0.717) is 17.5 Å². The number of rotatable bonds is 5. The third-order valence-electron chi connectivity index (χ3n) is 3.05. The summed E-state index contributed by atoms with van der Waals surface area (Å²) < 4.78 is 11.2. The van der Waals surface area contributed by atoms with Crippen molar-refractivity contribution in [3.8, 4) is 11.5 Å². The summed E-state index contributed by atoms with van der Waals surface area (Å²) in [6.07, 6.45) is 0. The number of methoxy groups -OCH3 is 1. The van der Waals surface area contributed by atoms with Gasteiger partial charge in [-0.1, -0.05) is 29.8 Å². The lowest BCUT2D eigenvalue weighted by molar-refractivity contribution is 0.292. The Kier molecular flexibility index (Phi) is 5.16. The average molecular weight is 311 g/mol. The second-order valence-corrected chi connectivity index (χ2v) is 5.15. The summed E-state index contributed by atoms with van der Waals surface area (Å²) in [5, 5.41) is 0.659. The number of hydrogen-bond donors (Lipinski definition) is 0. The molecule has 0 bridgehead atoms. The van der Waals surface area contributed by atoms with Crippen LogP contribution in [-0.4, -0.2) is 7.11 Å². The number of hydrogen-bond acceptors (Lipinski definition) is 2. The van der Waals surface area contributed by atoms with Crippen LogP contribution in [0.4, 0.5) is 0 Å². The SMILES string of the molecule is COc1ccc(Cl)cc1COc1c(C)cccc1CCl. The Balaban J connectivity index is 2.23. The summed E-state index contributed by atoms with van der Waals surface area (Å²) in [7, 11) is 1.63. The molecule has 0 radical (unpaired) electrons. The highest BCUT2D eigenvalue weighted by molar-refractivity contribution is 6.30. The zero-order valence-electron chi connectivity index (χ0n) is 11.5. The largest absolute Gasteiger partial charge is 0.496 e. The van der Waals surface area contributed by atoms with Crippen LogP contribution in [0.5, 0.6) is 11.5 Å². The number of para-hydroxylation sites is 1. The van der Waals surface area contributed by atoms with Crippen molar-refractivity contribution in [2.75, 3.05) is 7.11 Å². The highest BCUT2D eigenvalue weighted by Gasteiger charge is 2.09. The number of halogens is 2. The second-order valence-electron chi connectivity index (χ2n) is 4.44. The van der Waals surface area contributed by atoms with Crippen molar-refractivity contribution in [2.24, 2.45) is 0 Å². The quantitative estimate of drug-likeness (QED) is 0.725. The van der Waals surface area contributed by atoms with Gasteiger partial charge in [0.25, 0.3) is 0 Å². The van der Waals surface area contributed by atoms with Crippen molar-refractivity contribution in [3.05, 3.63) is 58.1 Å². The first-order chi connectivity index (χ1) is 9.65. The van der Waals surface area contributed by atoms with Crippen LogP contribution in [0.1, 0.15) is 16.7 Å². The van der Waals surface area contributed by atoms with E-state index in [1.54, 1.807) is 13.2 Å².